The van der Waals surface area contributed by atoms with Gasteiger partial charge in [-0.1, -0.05) is 18.2 Å². The molecule has 1 aliphatic carbocycles. The number of ether oxygens (including phenoxy) is 1. The largest absolute Gasteiger partial charge is 0.496 e. The summed E-state index contributed by atoms with van der Waals surface area (Å²) < 4.78 is 18.8. The van der Waals surface area contributed by atoms with Crippen molar-refractivity contribution in [2.24, 2.45) is 5.41 Å². The maximum absolute atomic E-state index is 13.3. The van der Waals surface area contributed by atoms with Crippen LogP contribution >= 0.6 is 0 Å². The van der Waals surface area contributed by atoms with E-state index in [0.29, 0.717) is 24.4 Å². The third kappa shape index (κ3) is 3.40. The van der Waals surface area contributed by atoms with Crippen LogP contribution in [0, 0.1) is 18.2 Å². The van der Waals surface area contributed by atoms with Gasteiger partial charge in [0.15, 0.2) is 0 Å². The van der Waals surface area contributed by atoms with Crippen LogP contribution in [0.2, 0.25) is 0 Å². The molecule has 2 fully saturated rings. The number of nitrogens with zero attached hydrogens (tertiary/aromatic N) is 1. The van der Waals surface area contributed by atoms with Crippen molar-refractivity contribution in [1.82, 2.24) is 4.90 Å². The SMILES string of the molecule is COc1cc(-c2ccc(F)cc2)cc(C)c1C1C(=O)CC2(CC1=O)CN(C(C)=O)C2. The molecule has 1 aliphatic heterocycles. The second kappa shape index (κ2) is 7.35. The molecule has 1 saturated carbocycles. The van der Waals surface area contributed by atoms with Crippen molar-refractivity contribution in [2.45, 2.75) is 32.6 Å². The fourth-order valence-corrected chi connectivity index (χ4v) is 4.83. The molecule has 1 amide bonds. The van der Waals surface area contributed by atoms with Crippen LogP contribution in [0.3, 0.4) is 0 Å². The zero-order chi connectivity index (χ0) is 21.6. The summed E-state index contributed by atoms with van der Waals surface area (Å²) in [5.41, 5.74) is 2.64. The highest BCUT2D eigenvalue weighted by atomic mass is 19.1. The van der Waals surface area contributed by atoms with E-state index in [-0.39, 0.29) is 36.1 Å². The first-order chi connectivity index (χ1) is 14.2. The molecule has 1 heterocycles. The van der Waals surface area contributed by atoms with Crippen LogP contribution in [0.5, 0.6) is 5.75 Å². The molecule has 4 rings (SSSR count). The van der Waals surface area contributed by atoms with Gasteiger partial charge in [0, 0.05) is 43.8 Å². The highest BCUT2D eigenvalue weighted by molar-refractivity contribution is 6.11. The lowest BCUT2D eigenvalue weighted by atomic mass is 9.63. The number of hydrogen-bond donors (Lipinski definition) is 0. The van der Waals surface area contributed by atoms with Crippen LogP contribution < -0.4 is 4.74 Å². The molecule has 0 radical (unpaired) electrons. The average molecular weight is 409 g/mol. The normalized spacial score (nSPS) is 18.5. The van der Waals surface area contributed by atoms with Gasteiger partial charge in [-0.2, -0.15) is 0 Å². The number of halogens is 1. The van der Waals surface area contributed by atoms with Gasteiger partial charge < -0.3 is 9.64 Å². The Bertz CT molecular complexity index is 1020. The van der Waals surface area contributed by atoms with Crippen LogP contribution in [0.1, 0.15) is 36.8 Å². The third-order valence-electron chi connectivity index (χ3n) is 6.28. The van der Waals surface area contributed by atoms with Gasteiger partial charge >= 0.3 is 0 Å². The van der Waals surface area contributed by atoms with Gasteiger partial charge in [0.1, 0.15) is 29.1 Å². The second-order valence-electron chi connectivity index (χ2n) is 8.51. The Kier molecular flexibility index (Phi) is 4.96. The molecule has 6 heteroatoms. The summed E-state index contributed by atoms with van der Waals surface area (Å²) >= 11 is 0. The number of amides is 1. The Morgan fingerprint density at radius 2 is 1.67 bits per heavy atom. The minimum Gasteiger partial charge on any atom is -0.496 e. The van der Waals surface area contributed by atoms with Crippen molar-refractivity contribution in [3.63, 3.8) is 0 Å². The Morgan fingerprint density at radius 1 is 1.07 bits per heavy atom. The standard InChI is InChI=1S/C24H24FNO4/c1-14-8-17(16-4-6-18(25)7-5-16)9-21(30-3)22(14)23-19(28)10-24(11-20(23)29)12-26(13-24)15(2)27/h4-9,23H,10-13H2,1-3H3. The predicted octanol–water partition coefficient (Wildman–Crippen LogP) is 3.67. The molecule has 0 aromatic heterocycles. The number of rotatable bonds is 3. The van der Waals surface area contributed by atoms with Crippen molar-refractivity contribution in [2.75, 3.05) is 20.2 Å². The summed E-state index contributed by atoms with van der Waals surface area (Å²) in [5, 5.41) is 0. The van der Waals surface area contributed by atoms with Gasteiger partial charge in [-0.15, -0.1) is 0 Å². The highest BCUT2D eigenvalue weighted by Crippen LogP contribution is 2.47. The zero-order valence-corrected chi connectivity index (χ0v) is 17.3. The van der Waals surface area contributed by atoms with Gasteiger partial charge in [-0.05, 0) is 41.8 Å². The number of carbonyl (C=O) groups is 3. The first-order valence-electron chi connectivity index (χ1n) is 9.98. The van der Waals surface area contributed by atoms with Gasteiger partial charge in [0.2, 0.25) is 5.91 Å². The van der Waals surface area contributed by atoms with E-state index >= 15 is 0 Å². The smallest absolute Gasteiger partial charge is 0.219 e. The monoisotopic (exact) mass is 409 g/mol. The second-order valence-corrected chi connectivity index (χ2v) is 8.51. The summed E-state index contributed by atoms with van der Waals surface area (Å²) in [5.74, 6) is -0.951. The van der Waals surface area contributed by atoms with E-state index < -0.39 is 11.3 Å². The average Bonchev–Trinajstić information content (AvgIpc) is 2.66. The number of carbonyl (C=O) groups excluding carboxylic acids is 3. The molecule has 156 valence electrons. The van der Waals surface area contributed by atoms with Gasteiger partial charge in [0.05, 0.1) is 7.11 Å². The summed E-state index contributed by atoms with van der Waals surface area (Å²) in [7, 11) is 1.52. The number of benzene rings is 2. The van der Waals surface area contributed by atoms with E-state index in [1.807, 2.05) is 13.0 Å². The van der Waals surface area contributed by atoms with E-state index in [9.17, 15) is 18.8 Å². The molecular weight excluding hydrogens is 385 g/mol. The molecule has 0 N–H and O–H groups in total. The molecule has 0 bridgehead atoms. The molecule has 30 heavy (non-hydrogen) atoms. The lowest BCUT2D eigenvalue weighted by Crippen LogP contribution is -2.61. The molecule has 2 aromatic rings. The van der Waals surface area contributed by atoms with Gasteiger partial charge in [-0.3, -0.25) is 14.4 Å². The Morgan fingerprint density at radius 3 is 2.20 bits per heavy atom. The Labute approximate surface area is 174 Å². The summed E-state index contributed by atoms with van der Waals surface area (Å²) in [4.78, 5) is 39.3. The van der Waals surface area contributed by atoms with Gasteiger partial charge in [0.25, 0.3) is 0 Å². The lowest BCUT2D eigenvalue weighted by molar-refractivity contribution is -0.153. The molecule has 2 aromatic carbocycles. The molecule has 1 spiro atoms. The van der Waals surface area contributed by atoms with Crippen LogP contribution in [0.4, 0.5) is 4.39 Å². The quantitative estimate of drug-likeness (QED) is 0.726. The van der Waals surface area contributed by atoms with Crippen molar-refractivity contribution in [3.05, 3.63) is 53.3 Å². The number of Topliss-reactive ketones (excluding diaryl/α,β-unsaturated/α-hetero) is 2. The molecule has 1 saturated heterocycles. The first kappa shape index (κ1) is 20.3. The first-order valence-corrected chi connectivity index (χ1v) is 9.98. The number of ketones is 2. The highest BCUT2D eigenvalue weighted by Gasteiger charge is 2.53. The maximum Gasteiger partial charge on any atom is 0.219 e. The van der Waals surface area contributed by atoms with Crippen molar-refractivity contribution in [3.8, 4) is 16.9 Å². The van der Waals surface area contributed by atoms with Crippen molar-refractivity contribution >= 4 is 17.5 Å². The van der Waals surface area contributed by atoms with E-state index in [1.165, 1.54) is 26.2 Å². The molecular formula is C24H24FNO4. The maximum atomic E-state index is 13.3. The third-order valence-corrected chi connectivity index (χ3v) is 6.28. The fraction of sp³-hybridized carbons (Fsp3) is 0.375. The Balaban J connectivity index is 1.65. The van der Waals surface area contributed by atoms with Crippen LogP contribution in [-0.2, 0) is 14.4 Å². The van der Waals surface area contributed by atoms with Gasteiger partial charge in [-0.25, -0.2) is 4.39 Å². The fourth-order valence-electron chi connectivity index (χ4n) is 4.83. The van der Waals surface area contributed by atoms with E-state index in [1.54, 1.807) is 23.1 Å². The topological polar surface area (TPSA) is 63.7 Å². The van der Waals surface area contributed by atoms with Crippen LogP contribution in [0.15, 0.2) is 36.4 Å². The predicted molar refractivity (Wildman–Crippen MR) is 110 cm³/mol. The number of likely N-dealkylation sites (tertiary alicyclic amines) is 1. The molecule has 0 atom stereocenters. The molecule has 5 nitrogen and oxygen atoms in total. The summed E-state index contributed by atoms with van der Waals surface area (Å²) in [6.45, 7) is 4.29. The molecule has 0 unspecified atom stereocenters. The molecule has 2 aliphatic rings. The minimum atomic E-state index is -0.848. The van der Waals surface area contributed by atoms with E-state index in [4.69, 9.17) is 4.74 Å². The van der Waals surface area contributed by atoms with Crippen molar-refractivity contribution < 1.29 is 23.5 Å². The Hall–Kier alpha value is -3.02. The van der Waals surface area contributed by atoms with Crippen molar-refractivity contribution in [1.29, 1.82) is 0 Å². The lowest BCUT2D eigenvalue weighted by Gasteiger charge is -2.52. The minimum absolute atomic E-state index is 0.0310. The van der Waals surface area contributed by atoms with Crippen LogP contribution in [-0.4, -0.2) is 42.6 Å². The zero-order valence-electron chi connectivity index (χ0n) is 17.3. The number of methoxy groups -OCH3 is 1. The number of hydrogen-bond acceptors (Lipinski definition) is 4. The summed E-state index contributed by atoms with van der Waals surface area (Å²) in [6.07, 6.45) is 0.574. The van der Waals surface area contributed by atoms with E-state index in [2.05, 4.69) is 0 Å². The van der Waals surface area contributed by atoms with Crippen LogP contribution in [0.25, 0.3) is 11.1 Å². The van der Waals surface area contributed by atoms with E-state index in [0.717, 1.165) is 16.7 Å². The summed E-state index contributed by atoms with van der Waals surface area (Å²) in [6, 6.07) is 9.84. The number of aryl methyl sites for hydroxylation is 1.